The SMILES string of the molecule is NCc1cccc(CN2CCCC2C2CCCC2)c1. The van der Waals surface area contributed by atoms with Crippen LogP contribution in [0.1, 0.15) is 49.7 Å². The van der Waals surface area contributed by atoms with Crippen LogP contribution in [0.15, 0.2) is 24.3 Å². The first-order valence-corrected chi connectivity index (χ1v) is 7.89. The molecular formula is C17H26N2. The smallest absolute Gasteiger partial charge is 0.0236 e. The fourth-order valence-electron chi connectivity index (χ4n) is 4.01. The first kappa shape index (κ1) is 13.1. The molecule has 1 saturated heterocycles. The van der Waals surface area contributed by atoms with E-state index in [1.807, 2.05) is 0 Å². The van der Waals surface area contributed by atoms with Gasteiger partial charge in [-0.2, -0.15) is 0 Å². The highest BCUT2D eigenvalue weighted by Crippen LogP contribution is 2.36. The average molecular weight is 258 g/mol. The average Bonchev–Trinajstić information content (AvgIpc) is 3.09. The van der Waals surface area contributed by atoms with Crippen LogP contribution >= 0.6 is 0 Å². The van der Waals surface area contributed by atoms with E-state index in [1.54, 1.807) is 0 Å². The lowest BCUT2D eigenvalue weighted by molar-refractivity contribution is 0.183. The molecule has 2 heteroatoms. The fraction of sp³-hybridized carbons (Fsp3) is 0.647. The van der Waals surface area contributed by atoms with Crippen molar-refractivity contribution in [3.05, 3.63) is 35.4 Å². The van der Waals surface area contributed by atoms with Crippen molar-refractivity contribution in [2.75, 3.05) is 6.54 Å². The van der Waals surface area contributed by atoms with Crippen LogP contribution in [0.3, 0.4) is 0 Å². The lowest BCUT2D eigenvalue weighted by Crippen LogP contribution is -2.34. The molecule has 1 saturated carbocycles. The lowest BCUT2D eigenvalue weighted by atomic mass is 9.95. The van der Waals surface area contributed by atoms with Gasteiger partial charge in [0.15, 0.2) is 0 Å². The number of rotatable bonds is 4. The second-order valence-corrected chi connectivity index (χ2v) is 6.25. The maximum Gasteiger partial charge on any atom is 0.0236 e. The summed E-state index contributed by atoms with van der Waals surface area (Å²) in [5.74, 6) is 0.972. The van der Waals surface area contributed by atoms with Crippen molar-refractivity contribution in [3.8, 4) is 0 Å². The van der Waals surface area contributed by atoms with Crippen molar-refractivity contribution in [2.24, 2.45) is 11.7 Å². The maximum absolute atomic E-state index is 5.74. The molecule has 1 unspecified atom stereocenters. The Morgan fingerprint density at radius 3 is 2.63 bits per heavy atom. The van der Waals surface area contributed by atoms with E-state index in [4.69, 9.17) is 5.73 Å². The molecule has 0 amide bonds. The Morgan fingerprint density at radius 2 is 1.84 bits per heavy atom. The summed E-state index contributed by atoms with van der Waals surface area (Å²) >= 11 is 0. The molecule has 1 aliphatic carbocycles. The van der Waals surface area contributed by atoms with Crippen LogP contribution in [0.5, 0.6) is 0 Å². The van der Waals surface area contributed by atoms with Gasteiger partial charge in [-0.15, -0.1) is 0 Å². The summed E-state index contributed by atoms with van der Waals surface area (Å²) in [4.78, 5) is 2.73. The van der Waals surface area contributed by atoms with Crippen LogP contribution in [0.25, 0.3) is 0 Å². The van der Waals surface area contributed by atoms with Gasteiger partial charge in [0.25, 0.3) is 0 Å². The highest BCUT2D eigenvalue weighted by Gasteiger charge is 2.32. The summed E-state index contributed by atoms with van der Waals surface area (Å²) in [6.45, 7) is 3.06. The number of nitrogens with two attached hydrogens (primary N) is 1. The molecule has 2 fully saturated rings. The van der Waals surface area contributed by atoms with Crippen molar-refractivity contribution in [1.29, 1.82) is 0 Å². The van der Waals surface area contributed by atoms with E-state index in [0.29, 0.717) is 6.54 Å². The maximum atomic E-state index is 5.74. The summed E-state index contributed by atoms with van der Waals surface area (Å²) in [5, 5.41) is 0. The molecule has 2 aliphatic rings. The van der Waals surface area contributed by atoms with Crippen LogP contribution < -0.4 is 5.73 Å². The van der Waals surface area contributed by atoms with Gasteiger partial charge in [-0.3, -0.25) is 4.90 Å². The zero-order valence-corrected chi connectivity index (χ0v) is 11.9. The quantitative estimate of drug-likeness (QED) is 0.898. The van der Waals surface area contributed by atoms with E-state index < -0.39 is 0 Å². The number of nitrogens with zero attached hydrogens (tertiary/aromatic N) is 1. The van der Waals surface area contributed by atoms with Gasteiger partial charge >= 0.3 is 0 Å². The molecule has 0 spiro atoms. The normalized spacial score (nSPS) is 25.2. The molecule has 1 heterocycles. The molecular weight excluding hydrogens is 232 g/mol. The largest absolute Gasteiger partial charge is 0.326 e. The van der Waals surface area contributed by atoms with E-state index in [2.05, 4.69) is 29.2 Å². The second kappa shape index (κ2) is 6.06. The molecule has 1 atom stereocenters. The van der Waals surface area contributed by atoms with Gasteiger partial charge in [0.05, 0.1) is 0 Å². The van der Waals surface area contributed by atoms with Crippen LogP contribution in [-0.2, 0) is 13.1 Å². The Labute approximate surface area is 117 Å². The van der Waals surface area contributed by atoms with Gasteiger partial charge in [-0.1, -0.05) is 37.1 Å². The third-order valence-electron chi connectivity index (χ3n) is 4.97. The van der Waals surface area contributed by atoms with Crippen molar-refractivity contribution >= 4 is 0 Å². The van der Waals surface area contributed by atoms with Crippen molar-refractivity contribution in [2.45, 2.75) is 57.7 Å². The first-order valence-electron chi connectivity index (χ1n) is 7.89. The molecule has 104 valence electrons. The predicted molar refractivity (Wildman–Crippen MR) is 79.7 cm³/mol. The standard InChI is InChI=1S/C17H26N2/c18-12-14-5-3-6-15(11-14)13-19-10-4-9-17(19)16-7-1-2-8-16/h3,5-6,11,16-17H,1-2,4,7-10,12-13,18H2. The zero-order chi connectivity index (χ0) is 13.1. The number of hydrogen-bond acceptors (Lipinski definition) is 2. The van der Waals surface area contributed by atoms with E-state index >= 15 is 0 Å². The van der Waals surface area contributed by atoms with E-state index in [0.717, 1.165) is 18.5 Å². The van der Waals surface area contributed by atoms with E-state index in [1.165, 1.54) is 56.2 Å². The van der Waals surface area contributed by atoms with E-state index in [9.17, 15) is 0 Å². The highest BCUT2D eigenvalue weighted by molar-refractivity contribution is 5.23. The van der Waals surface area contributed by atoms with E-state index in [-0.39, 0.29) is 0 Å². The molecule has 3 rings (SSSR count). The zero-order valence-electron chi connectivity index (χ0n) is 11.9. The molecule has 2 nitrogen and oxygen atoms in total. The minimum Gasteiger partial charge on any atom is -0.326 e. The minimum absolute atomic E-state index is 0.653. The Kier molecular flexibility index (Phi) is 4.19. The number of benzene rings is 1. The highest BCUT2D eigenvalue weighted by atomic mass is 15.2. The lowest BCUT2D eigenvalue weighted by Gasteiger charge is -2.29. The summed E-state index contributed by atoms with van der Waals surface area (Å²) in [6.07, 6.45) is 8.64. The third-order valence-corrected chi connectivity index (χ3v) is 4.97. The monoisotopic (exact) mass is 258 g/mol. The molecule has 19 heavy (non-hydrogen) atoms. The molecule has 2 N–H and O–H groups in total. The molecule has 0 bridgehead atoms. The summed E-state index contributed by atoms with van der Waals surface area (Å²) in [6, 6.07) is 9.66. The van der Waals surface area contributed by atoms with Gasteiger partial charge in [0, 0.05) is 19.1 Å². The first-order chi connectivity index (χ1) is 9.36. The summed E-state index contributed by atoms with van der Waals surface area (Å²) < 4.78 is 0. The number of hydrogen-bond donors (Lipinski definition) is 1. The fourth-order valence-corrected chi connectivity index (χ4v) is 4.01. The Morgan fingerprint density at radius 1 is 1.05 bits per heavy atom. The summed E-state index contributed by atoms with van der Waals surface area (Å²) in [7, 11) is 0. The van der Waals surface area contributed by atoms with Crippen molar-refractivity contribution < 1.29 is 0 Å². The van der Waals surface area contributed by atoms with Crippen molar-refractivity contribution in [3.63, 3.8) is 0 Å². The Hall–Kier alpha value is -0.860. The Bertz CT molecular complexity index is 409. The summed E-state index contributed by atoms with van der Waals surface area (Å²) in [5.41, 5.74) is 8.44. The van der Waals surface area contributed by atoms with Gasteiger partial charge in [0.2, 0.25) is 0 Å². The van der Waals surface area contributed by atoms with Crippen LogP contribution in [0.2, 0.25) is 0 Å². The van der Waals surface area contributed by atoms with Gasteiger partial charge in [0.1, 0.15) is 0 Å². The number of likely N-dealkylation sites (tertiary alicyclic amines) is 1. The second-order valence-electron chi connectivity index (χ2n) is 6.25. The van der Waals surface area contributed by atoms with Crippen LogP contribution in [0, 0.1) is 5.92 Å². The van der Waals surface area contributed by atoms with Gasteiger partial charge in [-0.25, -0.2) is 0 Å². The molecule has 1 aromatic rings. The van der Waals surface area contributed by atoms with Crippen molar-refractivity contribution in [1.82, 2.24) is 4.90 Å². The Balaban J connectivity index is 1.67. The third kappa shape index (κ3) is 3.01. The molecule has 1 aliphatic heterocycles. The molecule has 1 aromatic carbocycles. The topological polar surface area (TPSA) is 29.3 Å². The minimum atomic E-state index is 0.653. The van der Waals surface area contributed by atoms with Crippen LogP contribution in [0.4, 0.5) is 0 Å². The van der Waals surface area contributed by atoms with Gasteiger partial charge < -0.3 is 5.73 Å². The van der Waals surface area contributed by atoms with Crippen LogP contribution in [-0.4, -0.2) is 17.5 Å². The molecule has 0 aromatic heterocycles. The molecule has 0 radical (unpaired) electrons. The predicted octanol–water partition coefficient (Wildman–Crippen LogP) is 3.30. The van der Waals surface area contributed by atoms with Gasteiger partial charge in [-0.05, 0) is 49.3 Å².